The standard InChI is InChI=1S/C12H17BrN2O3S.ClH/c1-8-6-9(13)7-10(12(8)14)15-11(16)4-3-5-19(2,17)18;/h6-7H,3-5,14H2,1-2H3,(H,15,16);1H. The molecule has 114 valence electrons. The highest BCUT2D eigenvalue weighted by atomic mass is 79.9. The number of nitrogens with two attached hydrogens (primary N) is 1. The molecule has 0 aliphatic rings. The van der Waals surface area contributed by atoms with E-state index >= 15 is 0 Å². The molecule has 1 aromatic rings. The highest BCUT2D eigenvalue weighted by molar-refractivity contribution is 9.10. The molecule has 5 nitrogen and oxygen atoms in total. The molecule has 0 fully saturated rings. The number of amides is 1. The molecule has 0 saturated carbocycles. The maximum absolute atomic E-state index is 11.7. The summed E-state index contributed by atoms with van der Waals surface area (Å²) in [6, 6.07) is 3.57. The molecular weight excluding hydrogens is 368 g/mol. The maximum Gasteiger partial charge on any atom is 0.224 e. The molecule has 0 radical (unpaired) electrons. The molecule has 0 atom stereocenters. The first-order valence-electron chi connectivity index (χ1n) is 5.72. The summed E-state index contributed by atoms with van der Waals surface area (Å²) in [6.45, 7) is 1.85. The van der Waals surface area contributed by atoms with Crippen LogP contribution in [0.3, 0.4) is 0 Å². The van der Waals surface area contributed by atoms with Gasteiger partial charge in [-0.25, -0.2) is 8.42 Å². The van der Waals surface area contributed by atoms with Crippen molar-refractivity contribution >= 4 is 55.5 Å². The molecule has 1 aromatic carbocycles. The van der Waals surface area contributed by atoms with Gasteiger partial charge >= 0.3 is 0 Å². The molecule has 8 heteroatoms. The van der Waals surface area contributed by atoms with Crippen molar-refractivity contribution in [3.63, 3.8) is 0 Å². The van der Waals surface area contributed by atoms with Gasteiger partial charge < -0.3 is 11.1 Å². The number of rotatable bonds is 5. The molecule has 20 heavy (non-hydrogen) atoms. The number of hydrogen-bond acceptors (Lipinski definition) is 4. The van der Waals surface area contributed by atoms with E-state index in [1.165, 1.54) is 0 Å². The molecule has 0 aliphatic carbocycles. The number of benzene rings is 1. The van der Waals surface area contributed by atoms with Crippen LogP contribution in [0.5, 0.6) is 0 Å². The van der Waals surface area contributed by atoms with Gasteiger partial charge in [-0.15, -0.1) is 12.4 Å². The van der Waals surface area contributed by atoms with Crippen LogP contribution in [0.1, 0.15) is 18.4 Å². The Morgan fingerprint density at radius 2 is 2.00 bits per heavy atom. The van der Waals surface area contributed by atoms with Crippen molar-refractivity contribution in [3.05, 3.63) is 22.2 Å². The van der Waals surface area contributed by atoms with E-state index in [9.17, 15) is 13.2 Å². The number of sulfone groups is 1. The minimum Gasteiger partial charge on any atom is -0.397 e. The Kier molecular flexibility index (Phi) is 7.54. The third-order valence-electron chi connectivity index (χ3n) is 2.54. The van der Waals surface area contributed by atoms with E-state index in [0.29, 0.717) is 17.8 Å². The van der Waals surface area contributed by atoms with E-state index in [1.807, 2.05) is 13.0 Å². The molecule has 1 rings (SSSR count). The first kappa shape index (κ1) is 19.2. The normalized spacial score (nSPS) is 10.8. The number of carbonyl (C=O) groups is 1. The molecule has 0 saturated heterocycles. The Morgan fingerprint density at radius 3 is 2.55 bits per heavy atom. The molecule has 1 amide bonds. The van der Waals surface area contributed by atoms with Crippen LogP contribution in [0, 0.1) is 6.92 Å². The molecule has 0 bridgehead atoms. The predicted octanol–water partition coefficient (Wildman–Crippen LogP) is 2.52. The van der Waals surface area contributed by atoms with Crippen LogP contribution in [0.15, 0.2) is 16.6 Å². The lowest BCUT2D eigenvalue weighted by Gasteiger charge is -2.11. The fraction of sp³-hybridized carbons (Fsp3) is 0.417. The zero-order valence-corrected chi connectivity index (χ0v) is 14.5. The number of anilines is 2. The van der Waals surface area contributed by atoms with Crippen LogP contribution < -0.4 is 11.1 Å². The highest BCUT2D eigenvalue weighted by Crippen LogP contribution is 2.27. The fourth-order valence-corrected chi connectivity index (χ4v) is 2.81. The third kappa shape index (κ3) is 6.58. The number of hydrogen-bond donors (Lipinski definition) is 2. The van der Waals surface area contributed by atoms with Gasteiger partial charge in [-0.2, -0.15) is 0 Å². The van der Waals surface area contributed by atoms with Gasteiger partial charge in [0.05, 0.1) is 17.1 Å². The summed E-state index contributed by atoms with van der Waals surface area (Å²) in [5, 5.41) is 2.69. The van der Waals surface area contributed by atoms with Crippen molar-refractivity contribution in [1.82, 2.24) is 0 Å². The second-order valence-corrected chi connectivity index (χ2v) is 7.64. The van der Waals surface area contributed by atoms with E-state index in [2.05, 4.69) is 21.2 Å². The maximum atomic E-state index is 11.7. The smallest absolute Gasteiger partial charge is 0.224 e. The summed E-state index contributed by atoms with van der Waals surface area (Å²) in [6.07, 6.45) is 1.61. The van der Waals surface area contributed by atoms with Crippen LogP contribution in [0.4, 0.5) is 11.4 Å². The monoisotopic (exact) mass is 384 g/mol. The largest absolute Gasteiger partial charge is 0.397 e. The first-order chi connectivity index (χ1) is 8.69. The number of aryl methyl sites for hydroxylation is 1. The van der Waals surface area contributed by atoms with Crippen molar-refractivity contribution in [2.45, 2.75) is 19.8 Å². The molecule has 0 spiro atoms. The molecule has 0 unspecified atom stereocenters. The van der Waals surface area contributed by atoms with E-state index in [4.69, 9.17) is 5.73 Å². The Morgan fingerprint density at radius 1 is 1.40 bits per heavy atom. The summed E-state index contributed by atoms with van der Waals surface area (Å²) in [5.41, 5.74) is 7.78. The molecular formula is C12H18BrClN2O3S. The highest BCUT2D eigenvalue weighted by Gasteiger charge is 2.09. The summed E-state index contributed by atoms with van der Waals surface area (Å²) < 4.78 is 22.7. The molecule has 0 aliphatic heterocycles. The minimum atomic E-state index is -3.03. The summed E-state index contributed by atoms with van der Waals surface area (Å²) in [5.74, 6) is -0.235. The zero-order valence-electron chi connectivity index (χ0n) is 11.3. The van der Waals surface area contributed by atoms with Crippen LogP contribution >= 0.6 is 28.3 Å². The average Bonchev–Trinajstić information content (AvgIpc) is 2.23. The number of nitrogen functional groups attached to an aromatic ring is 1. The average molecular weight is 386 g/mol. The summed E-state index contributed by atoms with van der Waals surface area (Å²) in [4.78, 5) is 11.7. The van der Waals surface area contributed by atoms with Gasteiger partial charge in [-0.05, 0) is 31.0 Å². The molecule has 0 aromatic heterocycles. The number of nitrogens with one attached hydrogen (secondary N) is 1. The van der Waals surface area contributed by atoms with Crippen molar-refractivity contribution < 1.29 is 13.2 Å². The molecule has 3 N–H and O–H groups in total. The number of carbonyl (C=O) groups excluding carboxylic acids is 1. The van der Waals surface area contributed by atoms with E-state index in [-0.39, 0.29) is 30.5 Å². The molecule has 0 heterocycles. The van der Waals surface area contributed by atoms with Gasteiger partial charge in [0.2, 0.25) is 5.91 Å². The lowest BCUT2D eigenvalue weighted by molar-refractivity contribution is -0.116. The van der Waals surface area contributed by atoms with Crippen LogP contribution in [0.2, 0.25) is 0 Å². The van der Waals surface area contributed by atoms with Crippen LogP contribution in [0.25, 0.3) is 0 Å². The van der Waals surface area contributed by atoms with Crippen molar-refractivity contribution in [3.8, 4) is 0 Å². The lowest BCUT2D eigenvalue weighted by Crippen LogP contribution is -2.15. The quantitative estimate of drug-likeness (QED) is 0.762. The minimum absolute atomic E-state index is 0. The Labute approximate surface area is 133 Å². The van der Waals surface area contributed by atoms with Gasteiger partial charge in [0.25, 0.3) is 0 Å². The topological polar surface area (TPSA) is 89.3 Å². The first-order valence-corrected chi connectivity index (χ1v) is 8.57. The van der Waals surface area contributed by atoms with Gasteiger partial charge in [0.1, 0.15) is 9.84 Å². The van der Waals surface area contributed by atoms with Gasteiger partial charge in [-0.3, -0.25) is 4.79 Å². The van der Waals surface area contributed by atoms with Crippen LogP contribution in [-0.4, -0.2) is 26.3 Å². The van der Waals surface area contributed by atoms with Crippen molar-refractivity contribution in [1.29, 1.82) is 0 Å². The second-order valence-electron chi connectivity index (χ2n) is 4.47. The Bertz CT molecular complexity index is 591. The van der Waals surface area contributed by atoms with E-state index < -0.39 is 9.84 Å². The number of halogens is 2. The second kappa shape index (κ2) is 7.85. The van der Waals surface area contributed by atoms with Crippen LogP contribution in [-0.2, 0) is 14.6 Å². The van der Waals surface area contributed by atoms with Gasteiger partial charge in [-0.1, -0.05) is 15.9 Å². The lowest BCUT2D eigenvalue weighted by atomic mass is 10.1. The fourth-order valence-electron chi connectivity index (χ4n) is 1.57. The van der Waals surface area contributed by atoms with E-state index in [0.717, 1.165) is 16.3 Å². The van der Waals surface area contributed by atoms with Gasteiger partial charge in [0, 0.05) is 17.1 Å². The predicted molar refractivity (Wildman–Crippen MR) is 88.1 cm³/mol. The SMILES string of the molecule is Cc1cc(Br)cc(NC(=O)CCCS(C)(=O)=O)c1N.Cl. The Balaban J connectivity index is 0.00000361. The van der Waals surface area contributed by atoms with E-state index in [1.54, 1.807) is 6.07 Å². The Hall–Kier alpha value is -0.790. The van der Waals surface area contributed by atoms with Gasteiger partial charge in [0.15, 0.2) is 0 Å². The third-order valence-corrected chi connectivity index (χ3v) is 4.03. The zero-order chi connectivity index (χ0) is 14.6. The summed E-state index contributed by atoms with van der Waals surface area (Å²) >= 11 is 3.33. The summed E-state index contributed by atoms with van der Waals surface area (Å²) in [7, 11) is -3.03. The van der Waals surface area contributed by atoms with Crippen molar-refractivity contribution in [2.75, 3.05) is 23.1 Å². The van der Waals surface area contributed by atoms with Crippen molar-refractivity contribution in [2.24, 2.45) is 0 Å².